The highest BCUT2D eigenvalue weighted by Gasteiger charge is 2.41. The molecule has 2 rings (SSSR count). The molecule has 0 aromatic carbocycles. The molecule has 2 amide bonds. The molecule has 1 fully saturated rings. The molecular formula is C14H22N4O2. The SMILES string of the molecule is CCC1C(=O)NC(C(C)C)C(=O)N1Cc1nccn1C. The Hall–Kier alpha value is -1.85. The molecule has 1 aromatic rings. The van der Waals surface area contributed by atoms with E-state index in [1.165, 1.54) is 0 Å². The molecule has 0 saturated carbocycles. The van der Waals surface area contributed by atoms with Crippen molar-refractivity contribution in [3.63, 3.8) is 0 Å². The molecule has 0 spiro atoms. The van der Waals surface area contributed by atoms with Crippen LogP contribution in [0, 0.1) is 5.92 Å². The summed E-state index contributed by atoms with van der Waals surface area (Å²) in [4.78, 5) is 30.7. The third kappa shape index (κ3) is 2.55. The Balaban J connectivity index is 2.27. The number of imidazole rings is 1. The van der Waals surface area contributed by atoms with E-state index in [0.29, 0.717) is 13.0 Å². The molecule has 0 radical (unpaired) electrons. The van der Waals surface area contributed by atoms with E-state index < -0.39 is 12.1 Å². The molecule has 2 atom stereocenters. The van der Waals surface area contributed by atoms with E-state index in [4.69, 9.17) is 0 Å². The molecule has 1 aromatic heterocycles. The quantitative estimate of drug-likeness (QED) is 0.881. The van der Waals surface area contributed by atoms with Gasteiger partial charge in [0, 0.05) is 19.4 Å². The van der Waals surface area contributed by atoms with Crippen LogP contribution in [0.4, 0.5) is 0 Å². The third-order valence-corrected chi connectivity index (χ3v) is 3.81. The van der Waals surface area contributed by atoms with Crippen molar-refractivity contribution in [2.75, 3.05) is 0 Å². The van der Waals surface area contributed by atoms with Gasteiger partial charge in [-0.2, -0.15) is 0 Å². The van der Waals surface area contributed by atoms with Gasteiger partial charge >= 0.3 is 0 Å². The lowest BCUT2D eigenvalue weighted by molar-refractivity contribution is -0.151. The molecule has 0 bridgehead atoms. The Morgan fingerprint density at radius 2 is 2.10 bits per heavy atom. The standard InChI is InChI=1S/C14H22N4O2/c1-5-10-13(19)16-12(9(2)3)14(20)18(10)8-11-15-6-7-17(11)4/h6-7,9-10,12H,5,8H2,1-4H3,(H,16,19). The van der Waals surface area contributed by atoms with Crippen molar-refractivity contribution in [2.24, 2.45) is 13.0 Å². The van der Waals surface area contributed by atoms with Gasteiger partial charge in [-0.1, -0.05) is 20.8 Å². The molecule has 2 unspecified atom stereocenters. The minimum absolute atomic E-state index is 0.0190. The van der Waals surface area contributed by atoms with Crippen LogP contribution in [0.3, 0.4) is 0 Å². The van der Waals surface area contributed by atoms with Crippen molar-refractivity contribution >= 4 is 11.8 Å². The lowest BCUT2D eigenvalue weighted by Gasteiger charge is -2.39. The summed E-state index contributed by atoms with van der Waals surface area (Å²) in [5.41, 5.74) is 0. The summed E-state index contributed by atoms with van der Waals surface area (Å²) in [5.74, 6) is 0.775. The van der Waals surface area contributed by atoms with E-state index in [-0.39, 0.29) is 17.7 Å². The zero-order valence-corrected chi connectivity index (χ0v) is 12.5. The highest BCUT2D eigenvalue weighted by molar-refractivity contribution is 5.97. The minimum atomic E-state index is -0.439. The molecule has 6 heteroatoms. The molecule has 1 saturated heterocycles. The number of carbonyl (C=O) groups excluding carboxylic acids is 2. The number of nitrogens with one attached hydrogen (secondary N) is 1. The van der Waals surface area contributed by atoms with E-state index in [1.54, 1.807) is 11.1 Å². The molecule has 2 heterocycles. The van der Waals surface area contributed by atoms with Gasteiger partial charge in [-0.15, -0.1) is 0 Å². The number of nitrogens with zero attached hydrogens (tertiary/aromatic N) is 3. The Labute approximate surface area is 119 Å². The second-order valence-corrected chi connectivity index (χ2v) is 5.57. The third-order valence-electron chi connectivity index (χ3n) is 3.81. The summed E-state index contributed by atoms with van der Waals surface area (Å²) in [6, 6.07) is -0.847. The molecule has 110 valence electrons. The minimum Gasteiger partial charge on any atom is -0.342 e. The van der Waals surface area contributed by atoms with E-state index in [0.717, 1.165) is 5.82 Å². The van der Waals surface area contributed by atoms with Gasteiger partial charge in [0.1, 0.15) is 17.9 Å². The fourth-order valence-corrected chi connectivity index (χ4v) is 2.53. The first kappa shape index (κ1) is 14.6. The summed E-state index contributed by atoms with van der Waals surface area (Å²) < 4.78 is 1.87. The van der Waals surface area contributed by atoms with E-state index in [1.807, 2.05) is 38.6 Å². The summed E-state index contributed by atoms with van der Waals surface area (Å²) in [5, 5.41) is 2.83. The van der Waals surface area contributed by atoms with Crippen molar-refractivity contribution in [1.82, 2.24) is 19.8 Å². The normalized spacial score (nSPS) is 23.4. The number of hydrogen-bond acceptors (Lipinski definition) is 3. The first-order valence-corrected chi connectivity index (χ1v) is 7.02. The van der Waals surface area contributed by atoms with Crippen LogP contribution in [-0.2, 0) is 23.2 Å². The van der Waals surface area contributed by atoms with Gasteiger partial charge in [0.05, 0.1) is 6.54 Å². The Morgan fingerprint density at radius 3 is 2.60 bits per heavy atom. The fraction of sp³-hybridized carbons (Fsp3) is 0.643. The molecular weight excluding hydrogens is 256 g/mol. The number of piperazine rings is 1. The number of amides is 2. The van der Waals surface area contributed by atoms with Crippen LogP contribution in [0.2, 0.25) is 0 Å². The van der Waals surface area contributed by atoms with Crippen LogP contribution in [0.1, 0.15) is 33.0 Å². The highest BCUT2D eigenvalue weighted by atomic mass is 16.2. The lowest BCUT2D eigenvalue weighted by Crippen LogP contribution is -2.64. The van der Waals surface area contributed by atoms with Crippen molar-refractivity contribution in [2.45, 2.75) is 45.8 Å². The number of aromatic nitrogens is 2. The van der Waals surface area contributed by atoms with Crippen LogP contribution >= 0.6 is 0 Å². The van der Waals surface area contributed by atoms with Gasteiger partial charge in [-0.3, -0.25) is 9.59 Å². The smallest absolute Gasteiger partial charge is 0.246 e. The van der Waals surface area contributed by atoms with E-state index >= 15 is 0 Å². The van der Waals surface area contributed by atoms with Crippen LogP contribution in [0.25, 0.3) is 0 Å². The van der Waals surface area contributed by atoms with Gasteiger partial charge in [-0.05, 0) is 12.3 Å². The summed E-state index contributed by atoms with van der Waals surface area (Å²) in [6.07, 6.45) is 4.14. The second-order valence-electron chi connectivity index (χ2n) is 5.57. The average molecular weight is 278 g/mol. The molecule has 1 aliphatic rings. The Morgan fingerprint density at radius 1 is 1.40 bits per heavy atom. The molecule has 1 N–H and O–H groups in total. The number of carbonyl (C=O) groups is 2. The molecule has 0 aliphatic carbocycles. The van der Waals surface area contributed by atoms with Gasteiger partial charge in [-0.25, -0.2) is 4.98 Å². The average Bonchev–Trinajstić information content (AvgIpc) is 2.79. The monoisotopic (exact) mass is 278 g/mol. The summed E-state index contributed by atoms with van der Waals surface area (Å²) >= 11 is 0. The van der Waals surface area contributed by atoms with Crippen LogP contribution in [0.15, 0.2) is 12.4 Å². The lowest BCUT2D eigenvalue weighted by atomic mass is 9.97. The zero-order valence-electron chi connectivity index (χ0n) is 12.5. The summed E-state index contributed by atoms with van der Waals surface area (Å²) in [6.45, 7) is 6.16. The van der Waals surface area contributed by atoms with Crippen molar-refractivity contribution in [1.29, 1.82) is 0 Å². The van der Waals surface area contributed by atoms with E-state index in [2.05, 4.69) is 10.3 Å². The van der Waals surface area contributed by atoms with Gasteiger partial charge in [0.25, 0.3) is 0 Å². The van der Waals surface area contributed by atoms with Crippen LogP contribution in [0.5, 0.6) is 0 Å². The predicted octanol–water partition coefficient (Wildman–Crippen LogP) is 0.682. The predicted molar refractivity (Wildman–Crippen MR) is 74.6 cm³/mol. The van der Waals surface area contributed by atoms with Gasteiger partial charge < -0.3 is 14.8 Å². The number of aryl methyl sites for hydroxylation is 1. The topological polar surface area (TPSA) is 67.2 Å². The molecule has 20 heavy (non-hydrogen) atoms. The number of hydrogen-bond donors (Lipinski definition) is 1. The first-order chi connectivity index (χ1) is 9.45. The van der Waals surface area contributed by atoms with E-state index in [9.17, 15) is 9.59 Å². The Kier molecular flexibility index (Phi) is 4.11. The fourth-order valence-electron chi connectivity index (χ4n) is 2.53. The van der Waals surface area contributed by atoms with Gasteiger partial charge in [0.15, 0.2) is 0 Å². The molecule has 6 nitrogen and oxygen atoms in total. The van der Waals surface area contributed by atoms with Crippen molar-refractivity contribution in [3.8, 4) is 0 Å². The van der Waals surface area contributed by atoms with Crippen LogP contribution < -0.4 is 5.32 Å². The largest absolute Gasteiger partial charge is 0.342 e. The maximum atomic E-state index is 12.6. The van der Waals surface area contributed by atoms with Crippen LogP contribution in [-0.4, -0.2) is 38.3 Å². The maximum absolute atomic E-state index is 12.6. The second kappa shape index (κ2) is 5.64. The number of rotatable bonds is 4. The first-order valence-electron chi connectivity index (χ1n) is 7.02. The molecule has 1 aliphatic heterocycles. The highest BCUT2D eigenvalue weighted by Crippen LogP contribution is 2.19. The Bertz CT molecular complexity index is 509. The summed E-state index contributed by atoms with van der Waals surface area (Å²) in [7, 11) is 1.89. The zero-order chi connectivity index (χ0) is 14.9. The maximum Gasteiger partial charge on any atom is 0.246 e. The van der Waals surface area contributed by atoms with Gasteiger partial charge in [0.2, 0.25) is 11.8 Å². The van der Waals surface area contributed by atoms with Crippen molar-refractivity contribution in [3.05, 3.63) is 18.2 Å². The van der Waals surface area contributed by atoms with Crippen molar-refractivity contribution < 1.29 is 9.59 Å².